The number of rotatable bonds is 0. The highest BCUT2D eigenvalue weighted by Crippen LogP contribution is 2.20. The van der Waals surface area contributed by atoms with Gasteiger partial charge < -0.3 is 9.84 Å². The molecule has 0 fully saturated rings. The summed E-state index contributed by atoms with van der Waals surface area (Å²) in [6.07, 6.45) is 0. The van der Waals surface area contributed by atoms with Crippen molar-refractivity contribution in [1.29, 1.82) is 0 Å². The smallest absolute Gasteiger partial charge is 0.346 e. The monoisotopic (exact) mass is 230 g/mol. The fraction of sp³-hybridized carbons (Fsp3) is 0.231. The molecule has 17 heavy (non-hydrogen) atoms. The summed E-state index contributed by atoms with van der Waals surface area (Å²) in [5, 5.41) is 9.45. The first-order chi connectivity index (χ1) is 7.87. The number of cyclic esters (lactones) is 2. The van der Waals surface area contributed by atoms with Crippen LogP contribution in [0.1, 0.15) is 40.1 Å². The quantitative estimate of drug-likeness (QED) is 0.412. The van der Waals surface area contributed by atoms with Crippen LogP contribution in [0.5, 0.6) is 0 Å². The normalized spacial score (nSPS) is 13.8. The summed E-state index contributed by atoms with van der Waals surface area (Å²) >= 11 is 0. The lowest BCUT2D eigenvalue weighted by atomic mass is 10.0. The van der Waals surface area contributed by atoms with Crippen LogP contribution < -0.4 is 0 Å². The van der Waals surface area contributed by atoms with Gasteiger partial charge in [0, 0.05) is 5.56 Å². The van der Waals surface area contributed by atoms with Crippen LogP contribution in [0, 0.1) is 11.8 Å². The largest absolute Gasteiger partial charge is 0.386 e. The fourth-order valence-corrected chi connectivity index (χ4v) is 1.39. The van der Waals surface area contributed by atoms with E-state index >= 15 is 0 Å². The van der Waals surface area contributed by atoms with Gasteiger partial charge in [0.1, 0.15) is 5.60 Å². The zero-order valence-electron chi connectivity index (χ0n) is 9.40. The number of esters is 2. The SMILES string of the molecule is CC(C)(O)C#Cc1ccc2c(c1)C(=O)OC2=O. The maximum Gasteiger partial charge on any atom is 0.346 e. The molecule has 86 valence electrons. The Morgan fingerprint density at radius 1 is 1.18 bits per heavy atom. The average molecular weight is 230 g/mol. The lowest BCUT2D eigenvalue weighted by Crippen LogP contribution is -2.14. The molecule has 0 radical (unpaired) electrons. The number of hydrogen-bond donors (Lipinski definition) is 1. The van der Waals surface area contributed by atoms with E-state index in [1.54, 1.807) is 19.9 Å². The van der Waals surface area contributed by atoms with Gasteiger partial charge in [-0.1, -0.05) is 11.8 Å². The Morgan fingerprint density at radius 3 is 2.47 bits per heavy atom. The van der Waals surface area contributed by atoms with Crippen LogP contribution >= 0.6 is 0 Å². The first-order valence-corrected chi connectivity index (χ1v) is 5.03. The third-order valence-electron chi connectivity index (χ3n) is 2.16. The molecular weight excluding hydrogens is 220 g/mol. The summed E-state index contributed by atoms with van der Waals surface area (Å²) < 4.78 is 4.46. The minimum Gasteiger partial charge on any atom is -0.386 e. The van der Waals surface area contributed by atoms with Crippen molar-refractivity contribution in [3.8, 4) is 11.8 Å². The van der Waals surface area contributed by atoms with Crippen LogP contribution in [-0.2, 0) is 4.74 Å². The van der Waals surface area contributed by atoms with Crippen LogP contribution in [0.4, 0.5) is 0 Å². The number of aliphatic hydroxyl groups is 1. The highest BCUT2D eigenvalue weighted by Gasteiger charge is 2.29. The van der Waals surface area contributed by atoms with E-state index in [-0.39, 0.29) is 11.1 Å². The van der Waals surface area contributed by atoms with Crippen molar-refractivity contribution in [3.05, 3.63) is 34.9 Å². The molecule has 0 saturated carbocycles. The van der Waals surface area contributed by atoms with Gasteiger partial charge in [-0.25, -0.2) is 9.59 Å². The van der Waals surface area contributed by atoms with Gasteiger partial charge in [-0.15, -0.1) is 0 Å². The molecule has 1 aromatic rings. The van der Waals surface area contributed by atoms with Crippen molar-refractivity contribution >= 4 is 11.9 Å². The predicted octanol–water partition coefficient (Wildman–Crippen LogP) is 1.12. The van der Waals surface area contributed by atoms with Crippen LogP contribution in [0.25, 0.3) is 0 Å². The van der Waals surface area contributed by atoms with Crippen molar-refractivity contribution in [2.45, 2.75) is 19.4 Å². The van der Waals surface area contributed by atoms with E-state index < -0.39 is 17.5 Å². The molecule has 1 aromatic carbocycles. The number of ether oxygens (including phenoxy) is 1. The Kier molecular flexibility index (Phi) is 2.49. The van der Waals surface area contributed by atoms with Gasteiger partial charge in [-0.3, -0.25) is 0 Å². The second-order valence-corrected chi connectivity index (χ2v) is 4.25. The van der Waals surface area contributed by atoms with Crippen molar-refractivity contribution in [1.82, 2.24) is 0 Å². The van der Waals surface area contributed by atoms with E-state index in [1.807, 2.05) is 0 Å². The standard InChI is InChI=1S/C13H10O4/c1-13(2,16)6-5-8-3-4-9-10(7-8)12(15)17-11(9)14/h3-4,7,16H,1-2H3. The summed E-state index contributed by atoms with van der Waals surface area (Å²) in [6, 6.07) is 4.59. The molecule has 4 nitrogen and oxygen atoms in total. The van der Waals surface area contributed by atoms with Gasteiger partial charge in [-0.05, 0) is 32.0 Å². The third-order valence-corrected chi connectivity index (χ3v) is 2.16. The van der Waals surface area contributed by atoms with Crippen LogP contribution in [0.2, 0.25) is 0 Å². The zero-order valence-corrected chi connectivity index (χ0v) is 9.40. The topological polar surface area (TPSA) is 63.6 Å². The van der Waals surface area contributed by atoms with Gasteiger partial charge in [0.05, 0.1) is 11.1 Å². The van der Waals surface area contributed by atoms with Gasteiger partial charge in [0.25, 0.3) is 0 Å². The molecule has 0 spiro atoms. The summed E-state index contributed by atoms with van der Waals surface area (Å²) in [7, 11) is 0. The lowest BCUT2D eigenvalue weighted by molar-refractivity contribution is 0.0443. The zero-order chi connectivity index (χ0) is 12.6. The molecule has 1 aliphatic rings. The van der Waals surface area contributed by atoms with Gasteiger partial charge >= 0.3 is 11.9 Å². The van der Waals surface area contributed by atoms with Gasteiger partial charge in [-0.2, -0.15) is 0 Å². The van der Waals surface area contributed by atoms with E-state index in [2.05, 4.69) is 16.6 Å². The van der Waals surface area contributed by atoms with E-state index in [1.165, 1.54) is 12.1 Å². The summed E-state index contributed by atoms with van der Waals surface area (Å²) in [5.74, 6) is 4.07. The van der Waals surface area contributed by atoms with Gasteiger partial charge in [0.2, 0.25) is 0 Å². The fourth-order valence-electron chi connectivity index (χ4n) is 1.39. The molecule has 4 heteroatoms. The van der Waals surface area contributed by atoms with E-state index in [0.29, 0.717) is 5.56 Å². The summed E-state index contributed by atoms with van der Waals surface area (Å²) in [6.45, 7) is 3.12. The first kappa shape index (κ1) is 11.4. The Balaban J connectivity index is 2.41. The number of carbonyl (C=O) groups excluding carboxylic acids is 2. The van der Waals surface area contributed by atoms with E-state index in [0.717, 1.165) is 0 Å². The lowest BCUT2D eigenvalue weighted by Gasteiger charge is -2.05. The molecule has 0 aromatic heterocycles. The maximum absolute atomic E-state index is 11.3. The Hall–Kier alpha value is -2.12. The Bertz CT molecular complexity index is 567. The van der Waals surface area contributed by atoms with Crippen molar-refractivity contribution in [2.75, 3.05) is 0 Å². The average Bonchev–Trinajstić information content (AvgIpc) is 2.51. The van der Waals surface area contributed by atoms with Crippen LogP contribution in [-0.4, -0.2) is 22.6 Å². The Morgan fingerprint density at radius 2 is 1.82 bits per heavy atom. The van der Waals surface area contributed by atoms with E-state index in [9.17, 15) is 14.7 Å². The van der Waals surface area contributed by atoms with Crippen molar-refractivity contribution in [3.63, 3.8) is 0 Å². The highest BCUT2D eigenvalue weighted by atomic mass is 16.6. The third kappa shape index (κ3) is 2.35. The molecule has 0 aliphatic carbocycles. The molecule has 0 unspecified atom stereocenters. The van der Waals surface area contributed by atoms with Crippen LogP contribution in [0.3, 0.4) is 0 Å². The van der Waals surface area contributed by atoms with Crippen molar-refractivity contribution in [2.24, 2.45) is 0 Å². The second kappa shape index (κ2) is 3.72. The molecule has 1 aliphatic heterocycles. The Labute approximate surface area is 98.2 Å². The molecule has 2 rings (SSSR count). The van der Waals surface area contributed by atoms with Gasteiger partial charge in [0.15, 0.2) is 0 Å². The van der Waals surface area contributed by atoms with Crippen LogP contribution in [0.15, 0.2) is 18.2 Å². The molecular formula is C13H10O4. The molecule has 1 heterocycles. The number of carbonyl (C=O) groups is 2. The molecule has 0 amide bonds. The minimum absolute atomic E-state index is 0.220. The summed E-state index contributed by atoms with van der Waals surface area (Å²) in [4.78, 5) is 22.5. The highest BCUT2D eigenvalue weighted by molar-refractivity contribution is 6.14. The summed E-state index contributed by atoms with van der Waals surface area (Å²) in [5.41, 5.74) is -0.0751. The number of hydrogen-bond acceptors (Lipinski definition) is 4. The minimum atomic E-state index is -1.10. The molecule has 1 N–H and O–H groups in total. The number of fused-ring (bicyclic) bond motifs is 1. The maximum atomic E-state index is 11.3. The second-order valence-electron chi connectivity index (χ2n) is 4.25. The predicted molar refractivity (Wildman–Crippen MR) is 59.4 cm³/mol. The number of benzene rings is 1. The van der Waals surface area contributed by atoms with E-state index in [4.69, 9.17) is 0 Å². The first-order valence-electron chi connectivity index (χ1n) is 5.03. The molecule has 0 bridgehead atoms. The van der Waals surface area contributed by atoms with Crippen molar-refractivity contribution < 1.29 is 19.4 Å². The molecule has 0 saturated heterocycles. The molecule has 0 atom stereocenters.